The third-order valence-electron chi connectivity index (χ3n) is 5.04. The van der Waals surface area contributed by atoms with Crippen LogP contribution in [0, 0.1) is 0 Å². The molecule has 0 radical (unpaired) electrons. The lowest BCUT2D eigenvalue weighted by Crippen LogP contribution is -2.20. The number of fused-ring (bicyclic) bond motifs is 2. The first kappa shape index (κ1) is 17.9. The first-order chi connectivity index (χ1) is 14.7. The average Bonchev–Trinajstić information content (AvgIpc) is 3.28. The van der Waals surface area contributed by atoms with Crippen LogP contribution in [-0.2, 0) is 17.8 Å². The van der Waals surface area contributed by atoms with E-state index in [4.69, 9.17) is 4.98 Å². The Labute approximate surface area is 171 Å². The zero-order valence-electron chi connectivity index (χ0n) is 16.1. The highest BCUT2D eigenvalue weighted by Crippen LogP contribution is 2.20. The van der Waals surface area contributed by atoms with Crippen molar-refractivity contribution in [2.45, 2.75) is 13.0 Å². The summed E-state index contributed by atoms with van der Waals surface area (Å²) < 4.78 is 1.95. The van der Waals surface area contributed by atoms with Crippen molar-refractivity contribution in [1.29, 1.82) is 0 Å². The number of nitrogens with zero attached hydrogens (tertiary/aromatic N) is 2. The molecule has 7 nitrogen and oxygen atoms in total. The van der Waals surface area contributed by atoms with Crippen LogP contribution in [-0.4, -0.2) is 25.4 Å². The molecule has 0 saturated heterocycles. The van der Waals surface area contributed by atoms with E-state index in [-0.39, 0.29) is 18.1 Å². The number of amides is 1. The van der Waals surface area contributed by atoms with E-state index in [0.29, 0.717) is 23.1 Å². The molecule has 5 rings (SSSR count). The van der Waals surface area contributed by atoms with Gasteiger partial charge >= 0.3 is 5.69 Å². The average molecular weight is 397 g/mol. The largest absolute Gasteiger partial charge is 0.324 e. The Bertz CT molecular complexity index is 1410. The molecule has 148 valence electrons. The molecule has 7 heteroatoms. The van der Waals surface area contributed by atoms with Crippen LogP contribution in [0.4, 0.5) is 5.69 Å². The fourth-order valence-corrected chi connectivity index (χ4v) is 3.67. The van der Waals surface area contributed by atoms with Crippen molar-refractivity contribution >= 4 is 33.7 Å². The normalized spacial score (nSPS) is 11.2. The topological polar surface area (TPSA) is 95.6 Å². The molecule has 5 aromatic rings. The Kier molecular flexibility index (Phi) is 4.40. The lowest BCUT2D eigenvalue weighted by Gasteiger charge is -2.10. The predicted octanol–water partition coefficient (Wildman–Crippen LogP) is 3.44. The van der Waals surface area contributed by atoms with E-state index < -0.39 is 0 Å². The molecule has 0 fully saturated rings. The fraction of sp³-hybridized carbons (Fsp3) is 0.0870. The number of aromatic nitrogens is 4. The van der Waals surface area contributed by atoms with E-state index in [1.165, 1.54) is 0 Å². The Hall–Kier alpha value is -4.13. The van der Waals surface area contributed by atoms with Crippen LogP contribution < -0.4 is 11.0 Å². The molecule has 3 aromatic carbocycles. The van der Waals surface area contributed by atoms with Crippen LogP contribution >= 0.6 is 0 Å². The monoisotopic (exact) mass is 397 g/mol. The van der Waals surface area contributed by atoms with Gasteiger partial charge in [-0.2, -0.15) is 0 Å². The minimum Gasteiger partial charge on any atom is -0.324 e. The molecule has 0 atom stereocenters. The minimum absolute atomic E-state index is 0.143. The van der Waals surface area contributed by atoms with Crippen molar-refractivity contribution in [3.63, 3.8) is 0 Å². The number of hydrogen-bond acceptors (Lipinski definition) is 3. The predicted molar refractivity (Wildman–Crippen MR) is 117 cm³/mol. The molecular weight excluding hydrogens is 378 g/mol. The molecular formula is C23H19N5O2. The third kappa shape index (κ3) is 3.48. The van der Waals surface area contributed by atoms with E-state index in [1.54, 1.807) is 18.2 Å². The maximum Gasteiger partial charge on any atom is 0.323 e. The zero-order chi connectivity index (χ0) is 20.5. The number of imidazole rings is 2. The second kappa shape index (κ2) is 7.36. The van der Waals surface area contributed by atoms with Crippen molar-refractivity contribution in [3.05, 3.63) is 94.7 Å². The van der Waals surface area contributed by atoms with Gasteiger partial charge in [-0.25, -0.2) is 9.78 Å². The van der Waals surface area contributed by atoms with Gasteiger partial charge in [-0.05, 0) is 35.9 Å². The number of nitrogens with one attached hydrogen (secondary N) is 3. The van der Waals surface area contributed by atoms with Gasteiger partial charge in [0.15, 0.2) is 0 Å². The van der Waals surface area contributed by atoms with Crippen molar-refractivity contribution < 1.29 is 4.79 Å². The Morgan fingerprint density at radius 3 is 2.57 bits per heavy atom. The quantitative estimate of drug-likeness (QED) is 0.424. The summed E-state index contributed by atoms with van der Waals surface area (Å²) >= 11 is 0. The highest BCUT2D eigenvalue weighted by atomic mass is 16.2. The van der Waals surface area contributed by atoms with Crippen molar-refractivity contribution in [1.82, 2.24) is 19.5 Å². The van der Waals surface area contributed by atoms with E-state index >= 15 is 0 Å². The summed E-state index contributed by atoms with van der Waals surface area (Å²) in [7, 11) is 0. The molecule has 2 aromatic heterocycles. The maximum atomic E-state index is 12.8. The molecule has 0 aliphatic heterocycles. The van der Waals surface area contributed by atoms with Gasteiger partial charge in [-0.1, -0.05) is 42.5 Å². The van der Waals surface area contributed by atoms with E-state index in [1.807, 2.05) is 47.0 Å². The van der Waals surface area contributed by atoms with Crippen LogP contribution in [0.15, 0.2) is 77.6 Å². The van der Waals surface area contributed by atoms with Crippen molar-refractivity contribution in [3.8, 4) is 0 Å². The smallest absolute Gasteiger partial charge is 0.323 e. The summed E-state index contributed by atoms with van der Waals surface area (Å²) in [6.07, 6.45) is 0.638. The summed E-state index contributed by atoms with van der Waals surface area (Å²) in [6, 6.07) is 23.2. The number of H-pyrrole nitrogens is 2. The molecule has 2 heterocycles. The number of aromatic amines is 2. The Morgan fingerprint density at radius 2 is 1.70 bits per heavy atom. The van der Waals surface area contributed by atoms with Crippen molar-refractivity contribution in [2.75, 3.05) is 5.32 Å². The molecule has 30 heavy (non-hydrogen) atoms. The van der Waals surface area contributed by atoms with E-state index in [2.05, 4.69) is 27.4 Å². The standard InChI is InChI=1S/C23H19N5O2/c29-22(24-16-10-11-17-19(13-16)27-23(30)26-17)14-28-20-9-5-4-8-18(20)25-21(28)12-15-6-2-1-3-7-15/h1-11,13H,12,14H2,(H,24,29)(H2,26,27,30). The SMILES string of the molecule is O=C(Cn1c(Cc2ccccc2)nc2ccccc21)Nc1ccc2[nH]c(=O)[nH]c2c1. The van der Waals surface area contributed by atoms with Gasteiger partial charge in [-0.3, -0.25) is 4.79 Å². The number of para-hydroxylation sites is 2. The molecule has 1 amide bonds. The molecule has 0 aliphatic rings. The fourth-order valence-electron chi connectivity index (χ4n) is 3.67. The van der Waals surface area contributed by atoms with Gasteiger partial charge < -0.3 is 19.9 Å². The van der Waals surface area contributed by atoms with Crippen LogP contribution in [0.25, 0.3) is 22.1 Å². The molecule has 0 unspecified atom stereocenters. The molecule has 0 saturated carbocycles. The molecule has 0 aliphatic carbocycles. The highest BCUT2D eigenvalue weighted by Gasteiger charge is 2.14. The first-order valence-electron chi connectivity index (χ1n) is 9.66. The van der Waals surface area contributed by atoms with Gasteiger partial charge in [0.1, 0.15) is 12.4 Å². The summed E-state index contributed by atoms with van der Waals surface area (Å²) in [4.78, 5) is 34.4. The summed E-state index contributed by atoms with van der Waals surface area (Å²) in [6.45, 7) is 0.143. The lowest BCUT2D eigenvalue weighted by atomic mass is 10.1. The number of hydrogen-bond donors (Lipinski definition) is 3. The maximum absolute atomic E-state index is 12.8. The summed E-state index contributed by atoms with van der Waals surface area (Å²) in [5, 5.41) is 2.91. The van der Waals surface area contributed by atoms with Gasteiger partial charge in [0, 0.05) is 12.1 Å². The minimum atomic E-state index is -0.274. The van der Waals surface area contributed by atoms with Gasteiger partial charge in [0.05, 0.1) is 22.1 Å². The van der Waals surface area contributed by atoms with Gasteiger partial charge in [0.2, 0.25) is 5.91 Å². The van der Waals surface area contributed by atoms with Gasteiger partial charge in [0.25, 0.3) is 0 Å². The first-order valence-corrected chi connectivity index (χ1v) is 9.66. The zero-order valence-corrected chi connectivity index (χ0v) is 16.1. The summed E-state index contributed by atoms with van der Waals surface area (Å²) in [5.74, 6) is 0.674. The molecule has 0 spiro atoms. The number of rotatable bonds is 5. The number of anilines is 1. The third-order valence-corrected chi connectivity index (χ3v) is 5.04. The second-order valence-electron chi connectivity index (χ2n) is 7.15. The summed E-state index contributed by atoms with van der Waals surface area (Å²) in [5.41, 5.74) is 4.61. The molecule has 3 N–H and O–H groups in total. The van der Waals surface area contributed by atoms with E-state index in [9.17, 15) is 9.59 Å². The molecule has 0 bridgehead atoms. The van der Waals surface area contributed by atoms with Crippen LogP contribution in [0.2, 0.25) is 0 Å². The van der Waals surface area contributed by atoms with Crippen LogP contribution in [0.3, 0.4) is 0 Å². The van der Waals surface area contributed by atoms with Gasteiger partial charge in [-0.15, -0.1) is 0 Å². The lowest BCUT2D eigenvalue weighted by molar-refractivity contribution is -0.116. The highest BCUT2D eigenvalue weighted by molar-refractivity contribution is 5.93. The van der Waals surface area contributed by atoms with Crippen LogP contribution in [0.5, 0.6) is 0 Å². The number of carbonyl (C=O) groups excluding carboxylic acids is 1. The van der Waals surface area contributed by atoms with E-state index in [0.717, 1.165) is 22.4 Å². The number of carbonyl (C=O) groups is 1. The Morgan fingerprint density at radius 1 is 0.933 bits per heavy atom. The Balaban J connectivity index is 1.43. The van der Waals surface area contributed by atoms with Crippen molar-refractivity contribution in [2.24, 2.45) is 0 Å². The van der Waals surface area contributed by atoms with Crippen LogP contribution in [0.1, 0.15) is 11.4 Å². The second-order valence-corrected chi connectivity index (χ2v) is 7.15. The number of benzene rings is 3.